The highest BCUT2D eigenvalue weighted by Crippen LogP contribution is 2.29. The first-order valence-electron chi connectivity index (χ1n) is 7.92. The van der Waals surface area contributed by atoms with Crippen molar-refractivity contribution in [2.24, 2.45) is 0 Å². The number of aromatic nitrogens is 1. The molecule has 110 valence electrons. The molecule has 20 heavy (non-hydrogen) atoms. The van der Waals surface area contributed by atoms with Gasteiger partial charge in [0.1, 0.15) is 11.6 Å². The molecule has 3 nitrogen and oxygen atoms in total. The van der Waals surface area contributed by atoms with Crippen molar-refractivity contribution in [3.8, 4) is 0 Å². The lowest BCUT2D eigenvalue weighted by molar-refractivity contribution is 0.588. The van der Waals surface area contributed by atoms with E-state index < -0.39 is 0 Å². The molecule has 1 aromatic rings. The largest absolute Gasteiger partial charge is 0.354 e. The van der Waals surface area contributed by atoms with Gasteiger partial charge in [-0.05, 0) is 38.7 Å². The Morgan fingerprint density at radius 2 is 2.05 bits per heavy atom. The van der Waals surface area contributed by atoms with Crippen LogP contribution in [0.5, 0.6) is 0 Å². The van der Waals surface area contributed by atoms with Gasteiger partial charge in [-0.2, -0.15) is 0 Å². The predicted octanol–water partition coefficient (Wildman–Crippen LogP) is 3.24. The van der Waals surface area contributed by atoms with Gasteiger partial charge in [0.2, 0.25) is 0 Å². The number of rotatable bonds is 6. The minimum atomic E-state index is -0.233. The number of hydrogen-bond acceptors (Lipinski definition) is 3. The molecule has 3 rings (SSSR count). The maximum Gasteiger partial charge on any atom is 0.141 e. The summed E-state index contributed by atoms with van der Waals surface area (Å²) in [6, 6.07) is 2.86. The van der Waals surface area contributed by atoms with Crippen molar-refractivity contribution in [3.63, 3.8) is 0 Å². The third-order valence-electron chi connectivity index (χ3n) is 4.45. The van der Waals surface area contributed by atoms with Crippen molar-refractivity contribution < 1.29 is 4.39 Å². The molecule has 2 aliphatic carbocycles. The van der Waals surface area contributed by atoms with E-state index in [9.17, 15) is 4.39 Å². The first-order chi connectivity index (χ1) is 9.78. The van der Waals surface area contributed by atoms with Crippen LogP contribution in [0.3, 0.4) is 0 Å². The molecule has 0 spiro atoms. The fourth-order valence-electron chi connectivity index (χ4n) is 3.20. The van der Waals surface area contributed by atoms with Crippen molar-refractivity contribution in [1.29, 1.82) is 0 Å². The van der Waals surface area contributed by atoms with Crippen molar-refractivity contribution in [2.75, 3.05) is 11.4 Å². The van der Waals surface area contributed by atoms with E-state index in [1.54, 1.807) is 6.07 Å². The van der Waals surface area contributed by atoms with Crippen LogP contribution in [0.2, 0.25) is 0 Å². The van der Waals surface area contributed by atoms with E-state index in [0.717, 1.165) is 24.5 Å². The summed E-state index contributed by atoms with van der Waals surface area (Å²) in [6.07, 6.45) is 8.94. The topological polar surface area (TPSA) is 28.2 Å². The average molecular weight is 277 g/mol. The molecule has 1 heterocycles. The van der Waals surface area contributed by atoms with Gasteiger partial charge in [-0.25, -0.2) is 9.37 Å². The first-order valence-corrected chi connectivity index (χ1v) is 7.92. The summed E-state index contributed by atoms with van der Waals surface area (Å²) in [4.78, 5) is 6.77. The highest BCUT2D eigenvalue weighted by atomic mass is 19.1. The Labute approximate surface area is 120 Å². The zero-order valence-electron chi connectivity index (χ0n) is 12.2. The Morgan fingerprint density at radius 1 is 1.30 bits per heavy atom. The molecule has 0 aromatic carbocycles. The summed E-state index contributed by atoms with van der Waals surface area (Å²) in [5.74, 6) is 0.748. The monoisotopic (exact) mass is 277 g/mol. The van der Waals surface area contributed by atoms with Gasteiger partial charge in [0, 0.05) is 30.7 Å². The Hall–Kier alpha value is -1.16. The van der Waals surface area contributed by atoms with E-state index in [1.165, 1.54) is 44.7 Å². The van der Waals surface area contributed by atoms with E-state index >= 15 is 0 Å². The van der Waals surface area contributed by atoms with Crippen LogP contribution in [0.1, 0.15) is 51.0 Å². The Morgan fingerprint density at radius 3 is 2.70 bits per heavy atom. The molecule has 2 saturated carbocycles. The van der Waals surface area contributed by atoms with Crippen molar-refractivity contribution in [2.45, 2.75) is 64.1 Å². The van der Waals surface area contributed by atoms with Crippen molar-refractivity contribution in [3.05, 3.63) is 23.6 Å². The van der Waals surface area contributed by atoms with Crippen LogP contribution in [-0.2, 0) is 6.54 Å². The second-order valence-corrected chi connectivity index (χ2v) is 6.02. The predicted molar refractivity (Wildman–Crippen MR) is 79.3 cm³/mol. The molecule has 4 heteroatoms. The summed E-state index contributed by atoms with van der Waals surface area (Å²) >= 11 is 0. The van der Waals surface area contributed by atoms with Gasteiger partial charge in [-0.3, -0.25) is 0 Å². The van der Waals surface area contributed by atoms with Crippen LogP contribution < -0.4 is 10.2 Å². The quantitative estimate of drug-likeness (QED) is 0.865. The molecule has 0 aliphatic heterocycles. The molecule has 0 unspecified atom stereocenters. The smallest absolute Gasteiger partial charge is 0.141 e. The summed E-state index contributed by atoms with van der Waals surface area (Å²) in [7, 11) is 0. The van der Waals surface area contributed by atoms with Crippen LogP contribution in [0, 0.1) is 5.82 Å². The van der Waals surface area contributed by atoms with E-state index in [-0.39, 0.29) is 5.82 Å². The van der Waals surface area contributed by atoms with E-state index in [1.807, 2.05) is 0 Å². The maximum atomic E-state index is 13.5. The Kier molecular flexibility index (Phi) is 4.20. The zero-order chi connectivity index (χ0) is 13.9. The molecule has 0 radical (unpaired) electrons. The van der Waals surface area contributed by atoms with Crippen LogP contribution in [0.25, 0.3) is 0 Å². The molecule has 0 bridgehead atoms. The zero-order valence-corrected chi connectivity index (χ0v) is 12.2. The average Bonchev–Trinajstić information content (AvgIpc) is 3.13. The lowest BCUT2D eigenvalue weighted by Gasteiger charge is -2.30. The Bertz CT molecular complexity index is 453. The van der Waals surface area contributed by atoms with Gasteiger partial charge < -0.3 is 10.2 Å². The fourth-order valence-corrected chi connectivity index (χ4v) is 3.20. The number of nitrogens with one attached hydrogen (secondary N) is 1. The Balaban J connectivity index is 1.80. The van der Waals surface area contributed by atoms with Crippen LogP contribution in [0.15, 0.2) is 12.3 Å². The summed E-state index contributed by atoms with van der Waals surface area (Å²) < 4.78 is 13.5. The minimum Gasteiger partial charge on any atom is -0.354 e. The normalized spacial score (nSPS) is 19.5. The molecular formula is C16H24FN3. The molecule has 1 N–H and O–H groups in total. The second-order valence-electron chi connectivity index (χ2n) is 6.02. The summed E-state index contributed by atoms with van der Waals surface area (Å²) in [6.45, 7) is 3.84. The summed E-state index contributed by atoms with van der Waals surface area (Å²) in [5.41, 5.74) is 1.01. The second kappa shape index (κ2) is 6.08. The van der Waals surface area contributed by atoms with Gasteiger partial charge >= 0.3 is 0 Å². The molecule has 0 saturated heterocycles. The number of hydrogen-bond donors (Lipinski definition) is 1. The van der Waals surface area contributed by atoms with Gasteiger partial charge in [0.15, 0.2) is 0 Å². The number of anilines is 1. The van der Waals surface area contributed by atoms with Crippen molar-refractivity contribution >= 4 is 5.82 Å². The minimum absolute atomic E-state index is 0.233. The highest BCUT2D eigenvalue weighted by molar-refractivity contribution is 5.48. The molecule has 2 aliphatic rings. The van der Waals surface area contributed by atoms with Crippen LogP contribution >= 0.6 is 0 Å². The van der Waals surface area contributed by atoms with E-state index in [4.69, 9.17) is 0 Å². The third kappa shape index (κ3) is 3.11. The maximum absolute atomic E-state index is 13.5. The van der Waals surface area contributed by atoms with E-state index in [2.05, 4.69) is 22.1 Å². The first kappa shape index (κ1) is 13.8. The van der Waals surface area contributed by atoms with Gasteiger partial charge in [-0.15, -0.1) is 0 Å². The third-order valence-corrected chi connectivity index (χ3v) is 4.45. The fraction of sp³-hybridized carbons (Fsp3) is 0.688. The van der Waals surface area contributed by atoms with Crippen molar-refractivity contribution in [1.82, 2.24) is 10.3 Å². The molecule has 0 atom stereocenters. The number of pyridine rings is 1. The van der Waals surface area contributed by atoms with Gasteiger partial charge in [0.25, 0.3) is 0 Å². The van der Waals surface area contributed by atoms with E-state index in [0.29, 0.717) is 12.1 Å². The van der Waals surface area contributed by atoms with Crippen LogP contribution in [-0.4, -0.2) is 23.6 Å². The molecule has 1 aromatic heterocycles. The lowest BCUT2D eigenvalue weighted by Crippen LogP contribution is -2.35. The van der Waals surface area contributed by atoms with Crippen LogP contribution in [0.4, 0.5) is 10.2 Å². The molecule has 0 amide bonds. The molecule has 2 fully saturated rings. The van der Waals surface area contributed by atoms with Gasteiger partial charge in [-0.1, -0.05) is 12.8 Å². The highest BCUT2D eigenvalue weighted by Gasteiger charge is 2.26. The number of nitrogens with zero attached hydrogens (tertiary/aromatic N) is 2. The standard InChI is InChI=1S/C16H24FN3/c1-2-20(15-5-3-4-6-15)16-12(9-13(17)11-19-16)10-18-14-7-8-14/h9,11,14-15,18H,2-8,10H2,1H3. The molecular weight excluding hydrogens is 253 g/mol. The lowest BCUT2D eigenvalue weighted by atomic mass is 10.1. The number of halogens is 1. The SMILES string of the molecule is CCN(c1ncc(F)cc1CNC1CC1)C1CCCC1. The summed E-state index contributed by atoms with van der Waals surface area (Å²) in [5, 5.41) is 3.48. The van der Waals surface area contributed by atoms with Gasteiger partial charge in [0.05, 0.1) is 6.20 Å².